The number of hydrogen-bond acceptors (Lipinski definition) is 6. The van der Waals surface area contributed by atoms with Gasteiger partial charge < -0.3 is 14.5 Å². The molecule has 9 heteroatoms. The molecule has 33 heavy (non-hydrogen) atoms. The first-order chi connectivity index (χ1) is 15.8. The van der Waals surface area contributed by atoms with Gasteiger partial charge in [0.05, 0.1) is 12.2 Å². The van der Waals surface area contributed by atoms with Crippen LogP contribution < -0.4 is 0 Å². The number of carbonyl (C=O) groups excluding carboxylic acids is 1. The summed E-state index contributed by atoms with van der Waals surface area (Å²) >= 11 is 7.20. The normalized spacial score (nSPS) is 14.5. The SMILES string of the molecule is CC(C)(C)OC(=O)N1CCN(C(=S)SCc2cn(Cc3ccc4ccccc4c3)nn2)CC1. The van der Waals surface area contributed by atoms with E-state index in [1.54, 1.807) is 16.7 Å². The Morgan fingerprint density at radius 3 is 2.48 bits per heavy atom. The van der Waals surface area contributed by atoms with Crippen LogP contribution in [0.15, 0.2) is 48.7 Å². The lowest BCUT2D eigenvalue weighted by molar-refractivity contribution is 0.0189. The fraction of sp³-hybridized carbons (Fsp3) is 0.417. The summed E-state index contributed by atoms with van der Waals surface area (Å²) < 4.78 is 8.14. The van der Waals surface area contributed by atoms with E-state index in [1.165, 1.54) is 16.3 Å². The van der Waals surface area contributed by atoms with Crippen molar-refractivity contribution in [2.75, 3.05) is 26.2 Å². The van der Waals surface area contributed by atoms with Crippen LogP contribution in [0.3, 0.4) is 0 Å². The number of fused-ring (bicyclic) bond motifs is 1. The molecule has 0 radical (unpaired) electrons. The van der Waals surface area contributed by atoms with Crippen molar-refractivity contribution in [2.24, 2.45) is 0 Å². The van der Waals surface area contributed by atoms with Gasteiger partial charge in [-0.15, -0.1) is 5.10 Å². The molecule has 0 bridgehead atoms. The van der Waals surface area contributed by atoms with E-state index in [0.29, 0.717) is 38.5 Å². The molecular weight excluding hydrogens is 454 g/mol. The summed E-state index contributed by atoms with van der Waals surface area (Å²) in [7, 11) is 0. The van der Waals surface area contributed by atoms with Crippen molar-refractivity contribution in [3.63, 3.8) is 0 Å². The van der Waals surface area contributed by atoms with Crippen LogP contribution in [-0.4, -0.2) is 67.0 Å². The maximum absolute atomic E-state index is 12.2. The number of carbonyl (C=O) groups is 1. The molecular formula is C24H29N5O2S2. The average molecular weight is 484 g/mol. The molecule has 4 rings (SSSR count). The molecule has 1 fully saturated rings. The van der Waals surface area contributed by atoms with Crippen LogP contribution in [0.25, 0.3) is 10.8 Å². The highest BCUT2D eigenvalue weighted by atomic mass is 32.2. The molecule has 1 aliphatic heterocycles. The van der Waals surface area contributed by atoms with Gasteiger partial charge in [0, 0.05) is 38.1 Å². The van der Waals surface area contributed by atoms with Crippen molar-refractivity contribution in [1.29, 1.82) is 0 Å². The molecule has 0 saturated carbocycles. The number of nitrogens with zero attached hydrogens (tertiary/aromatic N) is 5. The number of piperazine rings is 1. The quantitative estimate of drug-likeness (QED) is 0.505. The minimum absolute atomic E-state index is 0.260. The van der Waals surface area contributed by atoms with Crippen LogP contribution in [0.1, 0.15) is 32.0 Å². The summed E-state index contributed by atoms with van der Waals surface area (Å²) in [5.74, 6) is 0.669. The Hall–Kier alpha value is -2.65. The van der Waals surface area contributed by atoms with Crippen molar-refractivity contribution < 1.29 is 9.53 Å². The minimum Gasteiger partial charge on any atom is -0.444 e. The van der Waals surface area contributed by atoms with Crippen LogP contribution in [0.5, 0.6) is 0 Å². The number of ether oxygens (including phenoxy) is 1. The average Bonchev–Trinajstić information content (AvgIpc) is 3.23. The van der Waals surface area contributed by atoms with E-state index in [2.05, 4.69) is 57.7 Å². The first-order valence-electron chi connectivity index (χ1n) is 11.0. The van der Waals surface area contributed by atoms with Gasteiger partial charge in [-0.3, -0.25) is 0 Å². The lowest BCUT2D eigenvalue weighted by Crippen LogP contribution is -2.50. The van der Waals surface area contributed by atoms with Gasteiger partial charge in [0.15, 0.2) is 0 Å². The summed E-state index contributed by atoms with van der Waals surface area (Å²) in [5, 5.41) is 11.0. The second-order valence-corrected chi connectivity index (χ2v) is 10.7. The molecule has 1 amide bonds. The third kappa shape index (κ3) is 6.45. The third-order valence-corrected chi connectivity index (χ3v) is 6.83. The van der Waals surface area contributed by atoms with Crippen molar-refractivity contribution >= 4 is 45.2 Å². The summed E-state index contributed by atoms with van der Waals surface area (Å²) in [4.78, 5) is 16.1. The fourth-order valence-electron chi connectivity index (χ4n) is 3.63. The fourth-order valence-corrected chi connectivity index (χ4v) is 4.76. The van der Waals surface area contributed by atoms with Crippen LogP contribution in [0.4, 0.5) is 4.79 Å². The first kappa shape index (κ1) is 23.5. The molecule has 1 aliphatic rings. The van der Waals surface area contributed by atoms with Crippen molar-refractivity contribution in [1.82, 2.24) is 24.8 Å². The number of benzene rings is 2. The zero-order chi connectivity index (χ0) is 23.4. The van der Waals surface area contributed by atoms with Gasteiger partial charge in [-0.2, -0.15) is 0 Å². The van der Waals surface area contributed by atoms with Gasteiger partial charge in [0.2, 0.25) is 0 Å². The van der Waals surface area contributed by atoms with E-state index >= 15 is 0 Å². The zero-order valence-electron chi connectivity index (χ0n) is 19.2. The van der Waals surface area contributed by atoms with Crippen LogP contribution in [-0.2, 0) is 17.0 Å². The Labute approximate surface area is 204 Å². The molecule has 2 aromatic carbocycles. The molecule has 0 aliphatic carbocycles. The molecule has 0 N–H and O–H groups in total. The molecule has 1 saturated heterocycles. The number of thiocarbonyl (C=S) groups is 1. The molecule has 0 atom stereocenters. The molecule has 0 spiro atoms. The Bertz CT molecular complexity index is 1130. The van der Waals surface area contributed by atoms with Crippen molar-refractivity contribution in [2.45, 2.75) is 38.7 Å². The Morgan fingerprint density at radius 2 is 1.76 bits per heavy atom. The highest BCUT2D eigenvalue weighted by Crippen LogP contribution is 2.19. The molecule has 0 unspecified atom stereocenters. The Balaban J connectivity index is 1.24. The van der Waals surface area contributed by atoms with Crippen molar-refractivity contribution in [3.8, 4) is 0 Å². The van der Waals surface area contributed by atoms with Gasteiger partial charge in [0.1, 0.15) is 9.92 Å². The Kier molecular flexibility index (Phi) is 7.19. The van der Waals surface area contributed by atoms with Gasteiger partial charge in [-0.1, -0.05) is 65.6 Å². The second-order valence-electron chi connectivity index (χ2n) is 9.10. The molecule has 2 heterocycles. The standard InChI is InChI=1S/C24H29N5O2S2/c1-24(2,3)31-22(30)27-10-12-28(13-11-27)23(32)33-17-21-16-29(26-25-21)15-18-8-9-19-6-4-5-7-20(19)14-18/h4-9,14,16H,10-13,15,17H2,1-3H3. The summed E-state index contributed by atoms with van der Waals surface area (Å²) in [5.41, 5.74) is 1.61. The summed E-state index contributed by atoms with van der Waals surface area (Å²) in [6, 6.07) is 14.8. The topological polar surface area (TPSA) is 63.5 Å². The predicted octanol–water partition coefficient (Wildman–Crippen LogP) is 4.55. The molecule has 1 aromatic heterocycles. The van der Waals surface area contributed by atoms with E-state index < -0.39 is 5.60 Å². The molecule has 174 valence electrons. The maximum atomic E-state index is 12.2. The second kappa shape index (κ2) is 10.1. The molecule has 3 aromatic rings. The minimum atomic E-state index is -0.481. The number of aromatic nitrogens is 3. The maximum Gasteiger partial charge on any atom is 0.410 e. The van der Waals surface area contributed by atoms with E-state index in [1.807, 2.05) is 31.6 Å². The number of rotatable bonds is 4. The van der Waals surface area contributed by atoms with Gasteiger partial charge in [0.25, 0.3) is 0 Å². The van der Waals surface area contributed by atoms with Crippen LogP contribution in [0.2, 0.25) is 0 Å². The lowest BCUT2D eigenvalue weighted by Gasteiger charge is -2.36. The first-order valence-corrected chi connectivity index (χ1v) is 12.4. The number of hydrogen-bond donors (Lipinski definition) is 0. The van der Waals surface area contributed by atoms with Crippen LogP contribution in [0, 0.1) is 0 Å². The highest BCUT2D eigenvalue weighted by molar-refractivity contribution is 8.22. The van der Waals surface area contributed by atoms with Gasteiger partial charge in [-0.05, 0) is 43.2 Å². The van der Waals surface area contributed by atoms with E-state index in [4.69, 9.17) is 17.0 Å². The number of thioether (sulfide) groups is 1. The number of amides is 1. The molecule has 7 nitrogen and oxygen atoms in total. The largest absolute Gasteiger partial charge is 0.444 e. The monoisotopic (exact) mass is 483 g/mol. The third-order valence-electron chi connectivity index (χ3n) is 5.28. The summed E-state index contributed by atoms with van der Waals surface area (Å²) in [6.45, 7) is 8.95. The Morgan fingerprint density at radius 1 is 1.06 bits per heavy atom. The van der Waals surface area contributed by atoms with Gasteiger partial charge in [-0.25, -0.2) is 9.48 Å². The lowest BCUT2D eigenvalue weighted by atomic mass is 10.1. The zero-order valence-corrected chi connectivity index (χ0v) is 20.9. The van der Waals surface area contributed by atoms with E-state index in [9.17, 15) is 4.79 Å². The van der Waals surface area contributed by atoms with Crippen LogP contribution >= 0.6 is 24.0 Å². The van der Waals surface area contributed by atoms with Gasteiger partial charge >= 0.3 is 6.09 Å². The van der Waals surface area contributed by atoms with E-state index in [0.717, 1.165) is 10.0 Å². The van der Waals surface area contributed by atoms with Crippen molar-refractivity contribution in [3.05, 3.63) is 59.9 Å². The summed E-state index contributed by atoms with van der Waals surface area (Å²) in [6.07, 6.45) is 1.72. The van der Waals surface area contributed by atoms with E-state index in [-0.39, 0.29) is 6.09 Å². The highest BCUT2D eigenvalue weighted by Gasteiger charge is 2.26. The predicted molar refractivity (Wildman–Crippen MR) is 136 cm³/mol. The smallest absolute Gasteiger partial charge is 0.410 e.